The van der Waals surface area contributed by atoms with E-state index in [4.69, 9.17) is 9.15 Å². The van der Waals surface area contributed by atoms with E-state index in [1.54, 1.807) is 60.7 Å². The molecule has 0 unspecified atom stereocenters. The first kappa shape index (κ1) is 24.1. The maximum Gasteiger partial charge on any atom is 0.258 e. The van der Waals surface area contributed by atoms with Crippen LogP contribution in [0.1, 0.15) is 41.1 Å². The molecule has 0 N–H and O–H groups in total. The summed E-state index contributed by atoms with van der Waals surface area (Å²) in [6.07, 6.45) is 5.36. The lowest BCUT2D eigenvalue weighted by molar-refractivity contribution is -0.114. The molecule has 0 saturated heterocycles. The number of ether oxygens (including phenoxy) is 1. The standard InChI is InChI=1S/C31H28N2O4/c1-22-21-29(27-12-6-7-13-28(27)32(22)30(34)19-18-26-11-8-20-37-26)33(24-9-4-3-5-10-24)31(35)23-14-16-25(36-2)17-15-23/h3-20,22,29H,21H2,1-2H3/b19-18+/t22-,29-/m0/s1. The van der Waals surface area contributed by atoms with Crippen molar-refractivity contribution in [2.45, 2.75) is 25.4 Å². The molecule has 5 rings (SSSR count). The highest BCUT2D eigenvalue weighted by Crippen LogP contribution is 2.43. The number of carbonyl (C=O) groups excluding carboxylic acids is 2. The van der Waals surface area contributed by atoms with Gasteiger partial charge in [0.2, 0.25) is 0 Å². The number of carbonyl (C=O) groups is 2. The third kappa shape index (κ3) is 4.91. The van der Waals surface area contributed by atoms with E-state index in [1.807, 2.05) is 66.4 Å². The Bertz CT molecular complexity index is 1390. The summed E-state index contributed by atoms with van der Waals surface area (Å²) in [4.78, 5) is 31.0. The Labute approximate surface area is 216 Å². The molecule has 1 aliphatic rings. The first-order valence-corrected chi connectivity index (χ1v) is 12.2. The number of fused-ring (bicyclic) bond motifs is 1. The molecule has 4 aromatic rings. The van der Waals surface area contributed by atoms with Crippen molar-refractivity contribution in [3.05, 3.63) is 120 Å². The zero-order valence-corrected chi connectivity index (χ0v) is 20.8. The van der Waals surface area contributed by atoms with Crippen molar-refractivity contribution in [3.8, 4) is 5.75 Å². The van der Waals surface area contributed by atoms with Gasteiger partial charge in [0.25, 0.3) is 11.8 Å². The number of hydrogen-bond donors (Lipinski definition) is 0. The van der Waals surface area contributed by atoms with Crippen LogP contribution in [0.15, 0.2) is 108 Å². The number of para-hydroxylation sites is 2. The summed E-state index contributed by atoms with van der Waals surface area (Å²) in [6.45, 7) is 2.02. The van der Waals surface area contributed by atoms with Gasteiger partial charge in [-0.25, -0.2) is 0 Å². The maximum absolute atomic E-state index is 14.0. The van der Waals surface area contributed by atoms with Gasteiger partial charge >= 0.3 is 0 Å². The molecule has 0 saturated carbocycles. The van der Waals surface area contributed by atoms with Crippen molar-refractivity contribution in [2.75, 3.05) is 16.9 Å². The van der Waals surface area contributed by atoms with Crippen LogP contribution < -0.4 is 14.5 Å². The van der Waals surface area contributed by atoms with E-state index in [9.17, 15) is 9.59 Å². The average molecular weight is 493 g/mol. The molecule has 1 aliphatic heterocycles. The van der Waals surface area contributed by atoms with Crippen molar-refractivity contribution >= 4 is 29.3 Å². The zero-order valence-electron chi connectivity index (χ0n) is 20.8. The molecule has 0 spiro atoms. The van der Waals surface area contributed by atoms with Crippen molar-refractivity contribution in [1.29, 1.82) is 0 Å². The van der Waals surface area contributed by atoms with Gasteiger partial charge in [-0.2, -0.15) is 0 Å². The Morgan fingerprint density at radius 1 is 0.946 bits per heavy atom. The molecule has 2 atom stereocenters. The first-order chi connectivity index (χ1) is 18.1. The fourth-order valence-corrected chi connectivity index (χ4v) is 4.88. The highest BCUT2D eigenvalue weighted by Gasteiger charge is 2.38. The lowest BCUT2D eigenvalue weighted by atomic mass is 9.89. The summed E-state index contributed by atoms with van der Waals surface area (Å²) in [6, 6.07) is 27.8. The SMILES string of the molecule is COc1ccc(C(=O)N(c2ccccc2)[C@H]2C[C@H](C)N(C(=O)/C=C/c3ccco3)c3ccccc32)cc1. The van der Waals surface area contributed by atoms with Crippen LogP contribution in [-0.4, -0.2) is 25.0 Å². The third-order valence-corrected chi connectivity index (χ3v) is 6.63. The van der Waals surface area contributed by atoms with E-state index >= 15 is 0 Å². The van der Waals surface area contributed by atoms with Gasteiger partial charge in [0.05, 0.1) is 19.4 Å². The summed E-state index contributed by atoms with van der Waals surface area (Å²) >= 11 is 0. The number of anilines is 2. The quantitative estimate of drug-likeness (QED) is 0.288. The van der Waals surface area contributed by atoms with Crippen LogP contribution in [0.5, 0.6) is 5.75 Å². The number of furan rings is 1. The molecule has 0 bridgehead atoms. The van der Waals surface area contributed by atoms with Gasteiger partial charge in [0, 0.05) is 29.1 Å². The second kappa shape index (κ2) is 10.6. The van der Waals surface area contributed by atoms with Gasteiger partial charge in [0.1, 0.15) is 11.5 Å². The van der Waals surface area contributed by atoms with E-state index < -0.39 is 0 Å². The van der Waals surface area contributed by atoms with Crippen LogP contribution >= 0.6 is 0 Å². The fraction of sp³-hybridized carbons (Fsp3) is 0.161. The highest BCUT2D eigenvalue weighted by atomic mass is 16.5. The minimum Gasteiger partial charge on any atom is -0.497 e. The molecule has 0 radical (unpaired) electrons. The van der Waals surface area contributed by atoms with E-state index in [0.29, 0.717) is 23.5 Å². The maximum atomic E-state index is 14.0. The van der Waals surface area contributed by atoms with Crippen molar-refractivity contribution < 1.29 is 18.7 Å². The molecule has 3 aromatic carbocycles. The van der Waals surface area contributed by atoms with Gasteiger partial charge in [-0.1, -0.05) is 36.4 Å². The largest absolute Gasteiger partial charge is 0.497 e. The molecule has 0 aliphatic carbocycles. The molecular formula is C31H28N2O4. The Hall–Kier alpha value is -4.58. The number of nitrogens with zero attached hydrogens (tertiary/aromatic N) is 2. The van der Waals surface area contributed by atoms with Crippen LogP contribution in [0.25, 0.3) is 6.08 Å². The van der Waals surface area contributed by atoms with Crippen LogP contribution in [0.4, 0.5) is 11.4 Å². The lowest BCUT2D eigenvalue weighted by Gasteiger charge is -2.43. The van der Waals surface area contributed by atoms with Crippen LogP contribution in [0.3, 0.4) is 0 Å². The molecule has 6 nitrogen and oxygen atoms in total. The summed E-state index contributed by atoms with van der Waals surface area (Å²) in [5.41, 5.74) is 3.08. The third-order valence-electron chi connectivity index (χ3n) is 6.63. The van der Waals surface area contributed by atoms with E-state index in [1.165, 1.54) is 6.08 Å². The van der Waals surface area contributed by atoms with Crippen LogP contribution in [0.2, 0.25) is 0 Å². The molecule has 1 aromatic heterocycles. The summed E-state index contributed by atoms with van der Waals surface area (Å²) in [5.74, 6) is 1.06. The van der Waals surface area contributed by atoms with Crippen LogP contribution in [-0.2, 0) is 4.79 Å². The second-order valence-electron chi connectivity index (χ2n) is 8.96. The van der Waals surface area contributed by atoms with Crippen LogP contribution in [0, 0.1) is 0 Å². The molecule has 2 heterocycles. The molecule has 6 heteroatoms. The second-order valence-corrected chi connectivity index (χ2v) is 8.96. The molecule has 186 valence electrons. The van der Waals surface area contributed by atoms with Gasteiger partial charge in [-0.15, -0.1) is 0 Å². The predicted octanol–water partition coefficient (Wildman–Crippen LogP) is 6.51. The monoisotopic (exact) mass is 492 g/mol. The minimum atomic E-state index is -0.263. The Balaban J connectivity index is 1.54. The predicted molar refractivity (Wildman–Crippen MR) is 145 cm³/mol. The molecule has 0 fully saturated rings. The van der Waals surface area contributed by atoms with Crippen molar-refractivity contribution in [1.82, 2.24) is 0 Å². The van der Waals surface area contributed by atoms with E-state index in [0.717, 1.165) is 16.9 Å². The summed E-state index contributed by atoms with van der Waals surface area (Å²) in [5, 5.41) is 0. The van der Waals surface area contributed by atoms with Gasteiger partial charge < -0.3 is 19.0 Å². The van der Waals surface area contributed by atoms with E-state index in [2.05, 4.69) is 0 Å². The van der Waals surface area contributed by atoms with Crippen molar-refractivity contribution in [2.24, 2.45) is 0 Å². The minimum absolute atomic E-state index is 0.113. The smallest absolute Gasteiger partial charge is 0.258 e. The highest BCUT2D eigenvalue weighted by molar-refractivity contribution is 6.08. The van der Waals surface area contributed by atoms with Crippen molar-refractivity contribution in [3.63, 3.8) is 0 Å². The Morgan fingerprint density at radius 2 is 1.68 bits per heavy atom. The number of hydrogen-bond acceptors (Lipinski definition) is 4. The number of methoxy groups -OCH3 is 1. The molecular weight excluding hydrogens is 464 g/mol. The van der Waals surface area contributed by atoms with Gasteiger partial charge in [-0.05, 0) is 79.6 Å². The molecule has 2 amide bonds. The lowest BCUT2D eigenvalue weighted by Crippen LogP contribution is -2.47. The number of benzene rings is 3. The fourth-order valence-electron chi connectivity index (χ4n) is 4.88. The number of rotatable bonds is 6. The van der Waals surface area contributed by atoms with Gasteiger partial charge in [-0.3, -0.25) is 9.59 Å². The number of amides is 2. The normalized spacial score (nSPS) is 16.9. The summed E-state index contributed by atoms with van der Waals surface area (Å²) < 4.78 is 10.6. The first-order valence-electron chi connectivity index (χ1n) is 12.2. The Kier molecular flexibility index (Phi) is 6.90. The van der Waals surface area contributed by atoms with Gasteiger partial charge in [0.15, 0.2) is 0 Å². The topological polar surface area (TPSA) is 63.0 Å². The summed E-state index contributed by atoms with van der Waals surface area (Å²) in [7, 11) is 1.60. The average Bonchev–Trinajstić information content (AvgIpc) is 3.46. The van der Waals surface area contributed by atoms with E-state index in [-0.39, 0.29) is 23.9 Å². The molecule has 37 heavy (non-hydrogen) atoms. The Morgan fingerprint density at radius 3 is 2.38 bits per heavy atom. The zero-order chi connectivity index (χ0) is 25.8.